The maximum atomic E-state index is 10.7. The van der Waals surface area contributed by atoms with Crippen LogP contribution in [0.25, 0.3) is 0 Å². The fourth-order valence-corrected chi connectivity index (χ4v) is 2.95. The molecule has 2 unspecified atom stereocenters. The molecule has 18 heavy (non-hydrogen) atoms. The number of nitrogens with zero attached hydrogens (tertiary/aromatic N) is 3. The largest absolute Gasteiger partial charge is 0.476 e. The Morgan fingerprint density at radius 3 is 2.94 bits per heavy atom. The first-order chi connectivity index (χ1) is 8.74. The SMILES string of the molecule is O=C(O)c1cnc(NC2CCN3CCCC23)cn1. The molecule has 6 heteroatoms. The molecule has 1 aromatic heterocycles. The molecule has 96 valence electrons. The van der Waals surface area contributed by atoms with Crippen molar-refractivity contribution in [1.29, 1.82) is 0 Å². The Morgan fingerprint density at radius 1 is 1.33 bits per heavy atom. The quantitative estimate of drug-likeness (QED) is 0.824. The summed E-state index contributed by atoms with van der Waals surface area (Å²) in [6.45, 7) is 2.34. The van der Waals surface area contributed by atoms with E-state index in [1.807, 2.05) is 0 Å². The van der Waals surface area contributed by atoms with E-state index >= 15 is 0 Å². The van der Waals surface area contributed by atoms with E-state index in [1.165, 1.54) is 31.8 Å². The van der Waals surface area contributed by atoms with Gasteiger partial charge in [0.25, 0.3) is 0 Å². The van der Waals surface area contributed by atoms with Gasteiger partial charge < -0.3 is 10.4 Å². The van der Waals surface area contributed by atoms with Gasteiger partial charge in [0.15, 0.2) is 5.69 Å². The first-order valence-corrected chi connectivity index (χ1v) is 6.30. The number of rotatable bonds is 3. The van der Waals surface area contributed by atoms with Crippen LogP contribution in [-0.4, -0.2) is 51.1 Å². The van der Waals surface area contributed by atoms with Gasteiger partial charge in [-0.15, -0.1) is 0 Å². The lowest BCUT2D eigenvalue weighted by molar-refractivity contribution is 0.0690. The van der Waals surface area contributed by atoms with E-state index in [0.717, 1.165) is 13.0 Å². The summed E-state index contributed by atoms with van der Waals surface area (Å²) < 4.78 is 0. The maximum absolute atomic E-state index is 10.7. The Hall–Kier alpha value is -1.69. The zero-order valence-electron chi connectivity index (χ0n) is 10.0. The number of aromatic nitrogens is 2. The number of anilines is 1. The zero-order chi connectivity index (χ0) is 12.5. The highest BCUT2D eigenvalue weighted by Crippen LogP contribution is 2.29. The molecule has 3 heterocycles. The van der Waals surface area contributed by atoms with E-state index in [9.17, 15) is 4.79 Å². The van der Waals surface area contributed by atoms with Gasteiger partial charge in [-0.25, -0.2) is 14.8 Å². The van der Waals surface area contributed by atoms with Crippen LogP contribution in [0.2, 0.25) is 0 Å². The molecule has 1 aromatic rings. The highest BCUT2D eigenvalue weighted by molar-refractivity contribution is 5.84. The fourth-order valence-electron chi connectivity index (χ4n) is 2.95. The summed E-state index contributed by atoms with van der Waals surface area (Å²) in [5, 5.41) is 12.1. The Morgan fingerprint density at radius 2 is 2.22 bits per heavy atom. The van der Waals surface area contributed by atoms with Crippen molar-refractivity contribution in [2.75, 3.05) is 18.4 Å². The fraction of sp³-hybridized carbons (Fsp3) is 0.583. The normalized spacial score (nSPS) is 27.1. The van der Waals surface area contributed by atoms with Gasteiger partial charge >= 0.3 is 5.97 Å². The van der Waals surface area contributed by atoms with E-state index in [1.54, 1.807) is 0 Å². The maximum Gasteiger partial charge on any atom is 0.356 e. The lowest BCUT2D eigenvalue weighted by Crippen LogP contribution is -2.34. The summed E-state index contributed by atoms with van der Waals surface area (Å²) in [5.41, 5.74) is -0.0190. The average molecular weight is 248 g/mol. The zero-order valence-corrected chi connectivity index (χ0v) is 10.0. The predicted molar refractivity (Wildman–Crippen MR) is 65.6 cm³/mol. The number of hydrogen-bond donors (Lipinski definition) is 2. The van der Waals surface area contributed by atoms with Crippen LogP contribution in [0.4, 0.5) is 5.82 Å². The van der Waals surface area contributed by atoms with Gasteiger partial charge in [-0.1, -0.05) is 0 Å². The van der Waals surface area contributed by atoms with Crippen LogP contribution in [0.5, 0.6) is 0 Å². The second kappa shape index (κ2) is 4.53. The monoisotopic (exact) mass is 248 g/mol. The lowest BCUT2D eigenvalue weighted by Gasteiger charge is -2.21. The van der Waals surface area contributed by atoms with Crippen molar-refractivity contribution in [2.24, 2.45) is 0 Å². The molecular weight excluding hydrogens is 232 g/mol. The number of carboxylic acid groups (broad SMARTS) is 1. The third-order valence-corrected chi connectivity index (χ3v) is 3.81. The van der Waals surface area contributed by atoms with Crippen molar-refractivity contribution in [1.82, 2.24) is 14.9 Å². The van der Waals surface area contributed by atoms with Gasteiger partial charge in [0.2, 0.25) is 0 Å². The molecule has 6 nitrogen and oxygen atoms in total. The Kier molecular flexibility index (Phi) is 2.87. The summed E-state index contributed by atoms with van der Waals surface area (Å²) in [7, 11) is 0. The molecule has 0 saturated carbocycles. The summed E-state index contributed by atoms with van der Waals surface area (Å²) in [5.74, 6) is -0.379. The van der Waals surface area contributed by atoms with Crippen molar-refractivity contribution in [3.8, 4) is 0 Å². The van der Waals surface area contributed by atoms with Crippen LogP contribution < -0.4 is 5.32 Å². The average Bonchev–Trinajstić information content (AvgIpc) is 2.95. The van der Waals surface area contributed by atoms with Gasteiger partial charge in [-0.05, 0) is 25.8 Å². The highest BCUT2D eigenvalue weighted by atomic mass is 16.4. The van der Waals surface area contributed by atoms with Gasteiger partial charge in [0.05, 0.1) is 12.4 Å². The second-order valence-corrected chi connectivity index (χ2v) is 4.88. The molecule has 0 spiro atoms. The number of nitrogens with one attached hydrogen (secondary N) is 1. The molecule has 2 saturated heterocycles. The number of fused-ring (bicyclic) bond motifs is 1. The minimum atomic E-state index is -1.04. The minimum Gasteiger partial charge on any atom is -0.476 e. The van der Waals surface area contributed by atoms with Gasteiger partial charge in [-0.2, -0.15) is 0 Å². The predicted octanol–water partition coefficient (Wildman–Crippen LogP) is 0.823. The first kappa shape index (κ1) is 11.4. The molecule has 2 aliphatic heterocycles. The van der Waals surface area contributed by atoms with Gasteiger partial charge in [0, 0.05) is 18.6 Å². The third-order valence-electron chi connectivity index (χ3n) is 3.81. The molecule has 0 radical (unpaired) electrons. The molecule has 2 aliphatic rings. The van der Waals surface area contributed by atoms with Crippen LogP contribution in [-0.2, 0) is 0 Å². The van der Waals surface area contributed by atoms with Crippen LogP contribution in [0.3, 0.4) is 0 Å². The van der Waals surface area contributed by atoms with Crippen LogP contribution in [0.15, 0.2) is 12.4 Å². The summed E-state index contributed by atoms with van der Waals surface area (Å²) in [6, 6.07) is 1.02. The Labute approximate surface area is 105 Å². The van der Waals surface area contributed by atoms with Crippen LogP contribution >= 0.6 is 0 Å². The molecule has 3 rings (SSSR count). The van der Waals surface area contributed by atoms with Crippen molar-refractivity contribution in [3.63, 3.8) is 0 Å². The van der Waals surface area contributed by atoms with Crippen LogP contribution in [0.1, 0.15) is 29.8 Å². The number of carboxylic acids is 1. The lowest BCUT2D eigenvalue weighted by atomic mass is 10.1. The van der Waals surface area contributed by atoms with Crippen LogP contribution in [0, 0.1) is 0 Å². The molecule has 2 N–H and O–H groups in total. The molecular formula is C12H16N4O2. The standard InChI is InChI=1S/C12H16N4O2/c17-12(18)9-6-14-11(7-13-9)15-8-3-5-16-4-1-2-10(8)16/h6-8,10H,1-5H2,(H,14,15)(H,17,18). The number of carbonyl (C=O) groups is 1. The summed E-state index contributed by atoms with van der Waals surface area (Å²) in [4.78, 5) is 21.2. The van der Waals surface area contributed by atoms with E-state index in [4.69, 9.17) is 5.11 Å². The molecule has 0 aliphatic carbocycles. The van der Waals surface area contributed by atoms with Crippen molar-refractivity contribution in [2.45, 2.75) is 31.3 Å². The van der Waals surface area contributed by atoms with Crippen molar-refractivity contribution in [3.05, 3.63) is 18.1 Å². The number of hydrogen-bond acceptors (Lipinski definition) is 5. The smallest absolute Gasteiger partial charge is 0.356 e. The van der Waals surface area contributed by atoms with Gasteiger partial charge in [-0.3, -0.25) is 4.90 Å². The molecule has 2 atom stereocenters. The molecule has 0 aromatic carbocycles. The highest BCUT2D eigenvalue weighted by Gasteiger charge is 2.37. The second-order valence-electron chi connectivity index (χ2n) is 4.88. The Balaban J connectivity index is 1.67. The van der Waals surface area contributed by atoms with Crippen molar-refractivity contribution >= 4 is 11.8 Å². The summed E-state index contributed by atoms with van der Waals surface area (Å²) >= 11 is 0. The van der Waals surface area contributed by atoms with Gasteiger partial charge in [0.1, 0.15) is 5.82 Å². The van der Waals surface area contributed by atoms with Crippen molar-refractivity contribution < 1.29 is 9.90 Å². The first-order valence-electron chi connectivity index (χ1n) is 6.30. The van der Waals surface area contributed by atoms with E-state index in [2.05, 4.69) is 20.2 Å². The molecule has 2 fully saturated rings. The van der Waals surface area contributed by atoms with E-state index < -0.39 is 5.97 Å². The third kappa shape index (κ3) is 2.03. The summed E-state index contributed by atoms with van der Waals surface area (Å²) in [6.07, 6.45) is 6.42. The van der Waals surface area contributed by atoms with E-state index in [-0.39, 0.29) is 5.69 Å². The molecule has 0 bridgehead atoms. The minimum absolute atomic E-state index is 0.0190. The molecule has 0 amide bonds. The van der Waals surface area contributed by atoms with E-state index in [0.29, 0.717) is 17.9 Å². The number of aromatic carboxylic acids is 1. The topological polar surface area (TPSA) is 78.3 Å². The Bertz CT molecular complexity index is 448.